The molecule has 2 rings (SSSR count). The van der Waals surface area contributed by atoms with E-state index in [2.05, 4.69) is 17.0 Å². The Morgan fingerprint density at radius 2 is 2.21 bits per heavy atom. The van der Waals surface area contributed by atoms with E-state index in [0.29, 0.717) is 5.92 Å². The van der Waals surface area contributed by atoms with E-state index in [9.17, 15) is 0 Å². The number of rotatable bonds is 3. The van der Waals surface area contributed by atoms with Gasteiger partial charge in [0, 0.05) is 31.5 Å². The van der Waals surface area contributed by atoms with Gasteiger partial charge in [0.1, 0.15) is 0 Å². The van der Waals surface area contributed by atoms with Crippen LogP contribution >= 0.6 is 0 Å². The molecule has 1 heterocycles. The summed E-state index contributed by atoms with van der Waals surface area (Å²) in [4.78, 5) is 2.24. The average molecular weight is 263 g/mol. The third kappa shape index (κ3) is 2.81. The second-order valence-corrected chi connectivity index (χ2v) is 4.99. The van der Waals surface area contributed by atoms with E-state index < -0.39 is 0 Å². The molecule has 0 bridgehead atoms. The first-order chi connectivity index (χ1) is 9.17. The summed E-state index contributed by atoms with van der Waals surface area (Å²) in [6.07, 6.45) is 1.29. The molecule has 2 atom stereocenters. The molecule has 1 aliphatic heterocycles. The number of amidine groups is 1. The number of oxime groups is 1. The van der Waals surface area contributed by atoms with Crippen molar-refractivity contribution in [3.8, 4) is 0 Å². The number of piperidine rings is 1. The molecule has 5 nitrogen and oxygen atoms in total. The SMILES string of the molecule is COC1CN(c2ccccc2/C(N)=N/O)CCC1C. The Morgan fingerprint density at radius 3 is 2.89 bits per heavy atom. The molecule has 1 aliphatic rings. The van der Waals surface area contributed by atoms with Gasteiger partial charge in [-0.05, 0) is 24.5 Å². The maximum absolute atomic E-state index is 8.87. The molecule has 5 heteroatoms. The van der Waals surface area contributed by atoms with Crippen LogP contribution in [0.3, 0.4) is 0 Å². The number of para-hydroxylation sites is 1. The van der Waals surface area contributed by atoms with Gasteiger partial charge in [-0.2, -0.15) is 0 Å². The number of hydrogen-bond donors (Lipinski definition) is 2. The van der Waals surface area contributed by atoms with Crippen molar-refractivity contribution in [2.24, 2.45) is 16.8 Å². The van der Waals surface area contributed by atoms with Gasteiger partial charge < -0.3 is 20.6 Å². The molecule has 19 heavy (non-hydrogen) atoms. The minimum atomic E-state index is 0.142. The van der Waals surface area contributed by atoms with E-state index in [4.69, 9.17) is 15.7 Å². The van der Waals surface area contributed by atoms with Gasteiger partial charge in [-0.25, -0.2) is 0 Å². The van der Waals surface area contributed by atoms with E-state index in [1.54, 1.807) is 7.11 Å². The average Bonchev–Trinajstić information content (AvgIpc) is 2.47. The molecule has 0 aliphatic carbocycles. The summed E-state index contributed by atoms with van der Waals surface area (Å²) in [5.41, 5.74) is 7.49. The lowest BCUT2D eigenvalue weighted by molar-refractivity contribution is 0.0498. The van der Waals surface area contributed by atoms with Gasteiger partial charge in [-0.3, -0.25) is 0 Å². The molecule has 0 spiro atoms. The second-order valence-electron chi connectivity index (χ2n) is 4.99. The normalized spacial score (nSPS) is 24.5. The van der Waals surface area contributed by atoms with E-state index in [1.165, 1.54) is 0 Å². The number of benzene rings is 1. The van der Waals surface area contributed by atoms with Crippen LogP contribution in [-0.2, 0) is 4.74 Å². The summed E-state index contributed by atoms with van der Waals surface area (Å²) in [5.74, 6) is 0.695. The third-order valence-corrected chi connectivity index (χ3v) is 3.82. The van der Waals surface area contributed by atoms with Crippen molar-refractivity contribution >= 4 is 11.5 Å². The van der Waals surface area contributed by atoms with Crippen LogP contribution < -0.4 is 10.6 Å². The number of anilines is 1. The lowest BCUT2D eigenvalue weighted by Crippen LogP contribution is -2.44. The first-order valence-corrected chi connectivity index (χ1v) is 6.52. The predicted octanol–water partition coefficient (Wildman–Crippen LogP) is 1.64. The summed E-state index contributed by atoms with van der Waals surface area (Å²) in [6.45, 7) is 3.99. The molecule has 1 aromatic rings. The van der Waals surface area contributed by atoms with Crippen LogP contribution in [0.2, 0.25) is 0 Å². The van der Waals surface area contributed by atoms with Crippen molar-refractivity contribution in [1.82, 2.24) is 0 Å². The van der Waals surface area contributed by atoms with Crippen LogP contribution in [0.5, 0.6) is 0 Å². The largest absolute Gasteiger partial charge is 0.409 e. The number of nitrogens with two attached hydrogens (primary N) is 1. The zero-order valence-corrected chi connectivity index (χ0v) is 11.4. The fraction of sp³-hybridized carbons (Fsp3) is 0.500. The Balaban J connectivity index is 2.27. The minimum absolute atomic E-state index is 0.142. The Labute approximate surface area is 113 Å². The molecule has 0 aromatic heterocycles. The molecule has 0 saturated carbocycles. The monoisotopic (exact) mass is 263 g/mol. The van der Waals surface area contributed by atoms with Crippen LogP contribution in [0.25, 0.3) is 0 Å². The quantitative estimate of drug-likeness (QED) is 0.376. The minimum Gasteiger partial charge on any atom is -0.409 e. The molecular weight excluding hydrogens is 242 g/mol. The van der Waals surface area contributed by atoms with Crippen LogP contribution in [0.4, 0.5) is 5.69 Å². The van der Waals surface area contributed by atoms with Gasteiger partial charge in [-0.15, -0.1) is 0 Å². The lowest BCUT2D eigenvalue weighted by atomic mass is 9.95. The van der Waals surface area contributed by atoms with Gasteiger partial charge >= 0.3 is 0 Å². The predicted molar refractivity (Wildman–Crippen MR) is 75.7 cm³/mol. The number of ether oxygens (including phenoxy) is 1. The van der Waals surface area contributed by atoms with E-state index in [1.807, 2.05) is 24.3 Å². The van der Waals surface area contributed by atoms with Crippen molar-refractivity contribution < 1.29 is 9.94 Å². The first kappa shape index (κ1) is 13.7. The highest BCUT2D eigenvalue weighted by molar-refractivity contribution is 6.02. The molecular formula is C14H21N3O2. The first-order valence-electron chi connectivity index (χ1n) is 6.52. The molecule has 104 valence electrons. The maximum atomic E-state index is 8.87. The van der Waals surface area contributed by atoms with Crippen LogP contribution in [0.15, 0.2) is 29.4 Å². The Morgan fingerprint density at radius 1 is 1.47 bits per heavy atom. The topological polar surface area (TPSA) is 71.1 Å². The smallest absolute Gasteiger partial charge is 0.172 e. The molecule has 1 saturated heterocycles. The zero-order chi connectivity index (χ0) is 13.8. The summed E-state index contributed by atoms with van der Waals surface area (Å²) in [6, 6.07) is 7.71. The third-order valence-electron chi connectivity index (χ3n) is 3.82. The zero-order valence-electron chi connectivity index (χ0n) is 11.4. The van der Waals surface area contributed by atoms with Gasteiger partial charge in [0.05, 0.1) is 6.10 Å². The van der Waals surface area contributed by atoms with Crippen LogP contribution in [0, 0.1) is 5.92 Å². The van der Waals surface area contributed by atoms with Crippen molar-refractivity contribution in [1.29, 1.82) is 0 Å². The Hall–Kier alpha value is -1.75. The van der Waals surface area contributed by atoms with Crippen LogP contribution in [0.1, 0.15) is 18.9 Å². The highest BCUT2D eigenvalue weighted by Crippen LogP contribution is 2.27. The van der Waals surface area contributed by atoms with Crippen molar-refractivity contribution in [3.05, 3.63) is 29.8 Å². The fourth-order valence-corrected chi connectivity index (χ4v) is 2.58. The molecule has 1 aromatic carbocycles. The summed E-state index contributed by atoms with van der Waals surface area (Å²) in [5, 5.41) is 12.0. The van der Waals surface area contributed by atoms with Crippen molar-refractivity contribution in [2.75, 3.05) is 25.1 Å². The Bertz CT molecular complexity index is 462. The highest BCUT2D eigenvalue weighted by Gasteiger charge is 2.27. The summed E-state index contributed by atoms with van der Waals surface area (Å²) < 4.78 is 5.53. The molecule has 3 N–H and O–H groups in total. The summed E-state index contributed by atoms with van der Waals surface area (Å²) >= 11 is 0. The standard InChI is InChI=1S/C14H21N3O2/c1-10-7-8-17(9-13(10)19-2)12-6-4-3-5-11(12)14(15)16-18/h3-6,10,13,18H,7-9H2,1-2H3,(H2,15,16). The highest BCUT2D eigenvalue weighted by atomic mass is 16.5. The van der Waals surface area contributed by atoms with Gasteiger partial charge in [-0.1, -0.05) is 24.2 Å². The maximum Gasteiger partial charge on any atom is 0.172 e. The summed E-state index contributed by atoms with van der Waals surface area (Å²) in [7, 11) is 1.75. The van der Waals surface area contributed by atoms with Gasteiger partial charge in [0.15, 0.2) is 5.84 Å². The number of hydrogen-bond acceptors (Lipinski definition) is 4. The fourth-order valence-electron chi connectivity index (χ4n) is 2.58. The van der Waals surface area contributed by atoms with E-state index >= 15 is 0 Å². The second kappa shape index (κ2) is 5.93. The van der Waals surface area contributed by atoms with Crippen molar-refractivity contribution in [2.45, 2.75) is 19.4 Å². The number of methoxy groups -OCH3 is 1. The molecule has 1 fully saturated rings. The van der Waals surface area contributed by atoms with Crippen LogP contribution in [-0.4, -0.2) is 37.3 Å². The Kier molecular flexibility index (Phi) is 4.27. The molecule has 0 amide bonds. The van der Waals surface area contributed by atoms with E-state index in [0.717, 1.165) is 30.8 Å². The molecule has 0 radical (unpaired) electrons. The lowest BCUT2D eigenvalue weighted by Gasteiger charge is -2.38. The molecule has 2 unspecified atom stereocenters. The van der Waals surface area contributed by atoms with Gasteiger partial charge in [0.25, 0.3) is 0 Å². The van der Waals surface area contributed by atoms with Gasteiger partial charge in [0.2, 0.25) is 0 Å². The van der Waals surface area contributed by atoms with E-state index in [-0.39, 0.29) is 11.9 Å². The van der Waals surface area contributed by atoms with Crippen molar-refractivity contribution in [3.63, 3.8) is 0 Å². The number of nitrogens with zero attached hydrogens (tertiary/aromatic N) is 2.